The lowest BCUT2D eigenvalue weighted by molar-refractivity contribution is 0.859. The molecule has 1 aromatic heterocycles. The lowest BCUT2D eigenvalue weighted by Crippen LogP contribution is -2.15. The van der Waals surface area contributed by atoms with E-state index in [9.17, 15) is 4.79 Å². The number of benzene rings is 1. The van der Waals surface area contributed by atoms with Crippen molar-refractivity contribution in [1.29, 1.82) is 0 Å². The fraction of sp³-hybridized carbons (Fsp3) is 0.267. The third-order valence-corrected chi connectivity index (χ3v) is 3.15. The van der Waals surface area contributed by atoms with Gasteiger partial charge in [-0.3, -0.25) is 4.79 Å². The molecule has 3 heteroatoms. The summed E-state index contributed by atoms with van der Waals surface area (Å²) in [5, 5.41) is 3.32. The standard InChI is InChI=1S/C15H18N2O/c1-11-4-5-13(8-12(11)2)9-16-14-6-7-15(18)17(3)10-14/h4-8,10,16H,9H2,1-3H3. The number of rotatable bonds is 3. The van der Waals surface area contributed by atoms with E-state index in [1.54, 1.807) is 17.7 Å². The van der Waals surface area contributed by atoms with Gasteiger partial charge in [-0.1, -0.05) is 18.2 Å². The maximum absolute atomic E-state index is 11.3. The summed E-state index contributed by atoms with van der Waals surface area (Å²) in [5.74, 6) is 0. The van der Waals surface area contributed by atoms with Crippen LogP contribution in [-0.2, 0) is 13.6 Å². The minimum Gasteiger partial charge on any atom is -0.380 e. The molecule has 0 atom stereocenters. The Labute approximate surface area is 107 Å². The lowest BCUT2D eigenvalue weighted by Gasteiger charge is -2.09. The Morgan fingerprint density at radius 2 is 1.89 bits per heavy atom. The number of anilines is 1. The Kier molecular flexibility index (Phi) is 3.51. The number of nitrogens with one attached hydrogen (secondary N) is 1. The quantitative estimate of drug-likeness (QED) is 0.897. The van der Waals surface area contributed by atoms with Crippen LogP contribution in [0, 0.1) is 13.8 Å². The van der Waals surface area contributed by atoms with Gasteiger partial charge < -0.3 is 9.88 Å². The smallest absolute Gasteiger partial charge is 0.250 e. The highest BCUT2D eigenvalue weighted by Gasteiger charge is 1.98. The number of hydrogen-bond donors (Lipinski definition) is 1. The van der Waals surface area contributed by atoms with Gasteiger partial charge in [0.15, 0.2) is 0 Å². The molecule has 0 amide bonds. The summed E-state index contributed by atoms with van der Waals surface area (Å²) < 4.78 is 1.57. The first kappa shape index (κ1) is 12.4. The minimum atomic E-state index is 0.00623. The molecule has 0 radical (unpaired) electrons. The van der Waals surface area contributed by atoms with Crippen molar-refractivity contribution in [2.45, 2.75) is 20.4 Å². The van der Waals surface area contributed by atoms with Gasteiger partial charge in [-0.15, -0.1) is 0 Å². The van der Waals surface area contributed by atoms with Gasteiger partial charge in [0.1, 0.15) is 0 Å². The molecule has 3 nitrogen and oxygen atoms in total. The summed E-state index contributed by atoms with van der Waals surface area (Å²) in [7, 11) is 1.75. The maximum Gasteiger partial charge on any atom is 0.250 e. The predicted molar refractivity (Wildman–Crippen MR) is 74.9 cm³/mol. The van der Waals surface area contributed by atoms with E-state index in [4.69, 9.17) is 0 Å². The predicted octanol–water partition coefficient (Wildman–Crippen LogP) is 2.61. The van der Waals surface area contributed by atoms with E-state index >= 15 is 0 Å². The third-order valence-electron chi connectivity index (χ3n) is 3.15. The molecule has 1 heterocycles. The molecule has 1 N–H and O–H groups in total. The highest BCUT2D eigenvalue weighted by Crippen LogP contribution is 2.11. The highest BCUT2D eigenvalue weighted by molar-refractivity contribution is 5.41. The lowest BCUT2D eigenvalue weighted by atomic mass is 10.1. The molecule has 0 aliphatic carbocycles. The molecule has 2 rings (SSSR count). The van der Waals surface area contributed by atoms with Crippen molar-refractivity contribution in [1.82, 2.24) is 4.57 Å². The fourth-order valence-corrected chi connectivity index (χ4v) is 1.82. The first-order valence-electron chi connectivity index (χ1n) is 6.03. The van der Waals surface area contributed by atoms with Gasteiger partial charge in [0, 0.05) is 25.9 Å². The molecule has 94 valence electrons. The number of pyridine rings is 1. The van der Waals surface area contributed by atoms with Crippen molar-refractivity contribution >= 4 is 5.69 Å². The van der Waals surface area contributed by atoms with Gasteiger partial charge in [0.2, 0.25) is 5.56 Å². The molecule has 0 unspecified atom stereocenters. The first-order chi connectivity index (χ1) is 8.56. The zero-order chi connectivity index (χ0) is 13.1. The largest absolute Gasteiger partial charge is 0.380 e. The van der Waals surface area contributed by atoms with Gasteiger partial charge in [0.05, 0.1) is 5.69 Å². The number of hydrogen-bond acceptors (Lipinski definition) is 2. The van der Waals surface area contributed by atoms with Crippen molar-refractivity contribution in [2.75, 3.05) is 5.32 Å². The number of nitrogens with zero attached hydrogens (tertiary/aromatic N) is 1. The highest BCUT2D eigenvalue weighted by atomic mass is 16.1. The van der Waals surface area contributed by atoms with E-state index in [-0.39, 0.29) is 5.56 Å². The average Bonchev–Trinajstić information content (AvgIpc) is 2.35. The monoisotopic (exact) mass is 242 g/mol. The van der Waals surface area contributed by atoms with Crippen molar-refractivity contribution in [2.24, 2.45) is 7.05 Å². The molecule has 0 aliphatic heterocycles. The Balaban J connectivity index is 2.09. The van der Waals surface area contributed by atoms with E-state index in [2.05, 4.69) is 37.4 Å². The van der Waals surface area contributed by atoms with E-state index in [0.717, 1.165) is 12.2 Å². The summed E-state index contributed by atoms with van der Waals surface area (Å²) in [4.78, 5) is 11.3. The SMILES string of the molecule is Cc1ccc(CNc2ccc(=O)n(C)c2)cc1C. The summed E-state index contributed by atoms with van der Waals surface area (Å²) in [6.45, 7) is 4.99. The molecular formula is C15H18N2O. The minimum absolute atomic E-state index is 0.00623. The van der Waals surface area contributed by atoms with Crippen LogP contribution in [0.2, 0.25) is 0 Å². The fourth-order valence-electron chi connectivity index (χ4n) is 1.82. The van der Waals surface area contributed by atoms with E-state index in [1.807, 2.05) is 12.3 Å². The van der Waals surface area contributed by atoms with Crippen LogP contribution in [0.15, 0.2) is 41.3 Å². The molecule has 0 saturated carbocycles. The maximum atomic E-state index is 11.3. The van der Waals surface area contributed by atoms with Gasteiger partial charge in [0.25, 0.3) is 0 Å². The second kappa shape index (κ2) is 5.08. The normalized spacial score (nSPS) is 10.4. The van der Waals surface area contributed by atoms with Crippen LogP contribution in [0.5, 0.6) is 0 Å². The molecule has 1 aromatic carbocycles. The Morgan fingerprint density at radius 1 is 1.11 bits per heavy atom. The van der Waals surface area contributed by atoms with Crippen LogP contribution in [-0.4, -0.2) is 4.57 Å². The van der Waals surface area contributed by atoms with E-state index in [1.165, 1.54) is 16.7 Å². The molecule has 0 fully saturated rings. The molecule has 0 spiro atoms. The van der Waals surface area contributed by atoms with Gasteiger partial charge in [-0.2, -0.15) is 0 Å². The first-order valence-corrected chi connectivity index (χ1v) is 6.03. The molecule has 0 saturated heterocycles. The summed E-state index contributed by atoms with van der Waals surface area (Å²) >= 11 is 0. The Morgan fingerprint density at radius 3 is 2.56 bits per heavy atom. The van der Waals surface area contributed by atoms with Gasteiger partial charge in [-0.05, 0) is 36.6 Å². The van der Waals surface area contributed by atoms with Crippen LogP contribution >= 0.6 is 0 Å². The molecule has 0 bridgehead atoms. The van der Waals surface area contributed by atoms with Crippen LogP contribution in [0.4, 0.5) is 5.69 Å². The summed E-state index contributed by atoms with van der Waals surface area (Å²) in [5.41, 5.74) is 4.81. The zero-order valence-corrected chi connectivity index (χ0v) is 11.0. The molecular weight excluding hydrogens is 224 g/mol. The van der Waals surface area contributed by atoms with Crippen LogP contribution in [0.1, 0.15) is 16.7 Å². The topological polar surface area (TPSA) is 34.0 Å². The van der Waals surface area contributed by atoms with Crippen LogP contribution in [0.25, 0.3) is 0 Å². The van der Waals surface area contributed by atoms with Gasteiger partial charge >= 0.3 is 0 Å². The Bertz CT molecular complexity index is 614. The second-order valence-corrected chi connectivity index (χ2v) is 4.64. The van der Waals surface area contributed by atoms with Crippen molar-refractivity contribution in [3.8, 4) is 0 Å². The number of aromatic nitrogens is 1. The van der Waals surface area contributed by atoms with Gasteiger partial charge in [-0.25, -0.2) is 0 Å². The Hall–Kier alpha value is -2.03. The molecule has 2 aromatic rings. The average molecular weight is 242 g/mol. The van der Waals surface area contributed by atoms with Crippen molar-refractivity contribution in [3.63, 3.8) is 0 Å². The van der Waals surface area contributed by atoms with Crippen LogP contribution in [0.3, 0.4) is 0 Å². The summed E-state index contributed by atoms with van der Waals surface area (Å²) in [6.07, 6.45) is 1.81. The summed E-state index contributed by atoms with van der Waals surface area (Å²) in [6, 6.07) is 9.82. The number of aryl methyl sites for hydroxylation is 3. The van der Waals surface area contributed by atoms with E-state index in [0.29, 0.717) is 0 Å². The van der Waals surface area contributed by atoms with E-state index < -0.39 is 0 Å². The second-order valence-electron chi connectivity index (χ2n) is 4.64. The third kappa shape index (κ3) is 2.80. The van der Waals surface area contributed by atoms with Crippen molar-refractivity contribution in [3.05, 3.63) is 63.6 Å². The van der Waals surface area contributed by atoms with Crippen molar-refractivity contribution < 1.29 is 0 Å². The van der Waals surface area contributed by atoms with Crippen LogP contribution < -0.4 is 10.9 Å². The molecule has 0 aliphatic rings. The molecule has 18 heavy (non-hydrogen) atoms. The zero-order valence-electron chi connectivity index (χ0n) is 11.0.